The number of rotatable bonds is 6. The van der Waals surface area contributed by atoms with Crippen molar-refractivity contribution in [3.63, 3.8) is 0 Å². The Kier molecular flexibility index (Phi) is 5.10. The predicted molar refractivity (Wildman–Crippen MR) is 94.5 cm³/mol. The summed E-state index contributed by atoms with van der Waals surface area (Å²) in [6.07, 6.45) is 1.94. The Bertz CT molecular complexity index is 790. The average Bonchev–Trinajstić information content (AvgIpc) is 3.50. The molecular formula is C20H19N3O2. The Morgan fingerprint density at radius 3 is 2.28 bits per heavy atom. The smallest absolute Gasteiger partial charge is 0.251 e. The number of carbonyl (C=O) groups excluding carboxylic acids is 2. The summed E-state index contributed by atoms with van der Waals surface area (Å²) in [6.45, 7) is -0.135. The van der Waals surface area contributed by atoms with Crippen molar-refractivity contribution in [2.24, 2.45) is 5.92 Å². The number of nitrogens with one attached hydrogen (secondary N) is 2. The highest BCUT2D eigenvalue weighted by molar-refractivity contribution is 5.96. The Morgan fingerprint density at radius 2 is 1.68 bits per heavy atom. The van der Waals surface area contributed by atoms with Crippen LogP contribution in [0.4, 0.5) is 0 Å². The van der Waals surface area contributed by atoms with Crippen LogP contribution in [0, 0.1) is 17.2 Å². The first-order valence-electron chi connectivity index (χ1n) is 8.30. The lowest BCUT2D eigenvalue weighted by Crippen LogP contribution is -2.42. The van der Waals surface area contributed by atoms with Crippen molar-refractivity contribution >= 4 is 11.8 Å². The summed E-state index contributed by atoms with van der Waals surface area (Å²) in [5.74, 6) is -0.391. The largest absolute Gasteiger partial charge is 0.343 e. The van der Waals surface area contributed by atoms with E-state index in [1.807, 2.05) is 42.5 Å². The molecule has 1 fully saturated rings. The minimum absolute atomic E-state index is 0.135. The first kappa shape index (κ1) is 16.7. The SMILES string of the molecule is N#C[C@H](NC(=O)CNC(=O)c1ccc(-c2ccccc2)cc1)C1CC1. The van der Waals surface area contributed by atoms with Crippen molar-refractivity contribution in [1.82, 2.24) is 10.6 Å². The summed E-state index contributed by atoms with van der Waals surface area (Å²) < 4.78 is 0. The van der Waals surface area contributed by atoms with Gasteiger partial charge in [0, 0.05) is 5.56 Å². The van der Waals surface area contributed by atoms with E-state index in [1.165, 1.54) is 0 Å². The van der Waals surface area contributed by atoms with Gasteiger partial charge in [-0.2, -0.15) is 5.26 Å². The van der Waals surface area contributed by atoms with Crippen LogP contribution in [0.2, 0.25) is 0 Å². The van der Waals surface area contributed by atoms with Crippen molar-refractivity contribution < 1.29 is 9.59 Å². The number of amides is 2. The van der Waals surface area contributed by atoms with E-state index in [9.17, 15) is 9.59 Å². The number of carbonyl (C=O) groups is 2. The van der Waals surface area contributed by atoms with Gasteiger partial charge in [-0.3, -0.25) is 9.59 Å². The maximum Gasteiger partial charge on any atom is 0.251 e. The van der Waals surface area contributed by atoms with Gasteiger partial charge in [0.15, 0.2) is 0 Å². The highest BCUT2D eigenvalue weighted by atomic mass is 16.2. The van der Waals surface area contributed by atoms with Crippen molar-refractivity contribution in [2.75, 3.05) is 6.54 Å². The van der Waals surface area contributed by atoms with Crippen molar-refractivity contribution in [3.05, 3.63) is 60.2 Å². The van der Waals surface area contributed by atoms with Crippen molar-refractivity contribution in [2.45, 2.75) is 18.9 Å². The summed E-state index contributed by atoms with van der Waals surface area (Å²) in [7, 11) is 0. The van der Waals surface area contributed by atoms with Gasteiger partial charge in [0.25, 0.3) is 5.91 Å². The molecule has 25 heavy (non-hydrogen) atoms. The number of benzene rings is 2. The van der Waals surface area contributed by atoms with Gasteiger partial charge in [-0.25, -0.2) is 0 Å². The highest BCUT2D eigenvalue weighted by Gasteiger charge is 2.32. The molecule has 1 atom stereocenters. The van der Waals surface area contributed by atoms with Crippen LogP contribution >= 0.6 is 0 Å². The molecule has 5 heteroatoms. The monoisotopic (exact) mass is 333 g/mol. The Labute approximate surface area is 146 Å². The molecule has 126 valence electrons. The van der Waals surface area contributed by atoms with Gasteiger partial charge in [0.05, 0.1) is 12.6 Å². The molecule has 0 spiro atoms. The van der Waals surface area contributed by atoms with E-state index in [1.54, 1.807) is 12.1 Å². The predicted octanol–water partition coefficient (Wildman–Crippen LogP) is 2.50. The van der Waals surface area contributed by atoms with Crippen LogP contribution in [0.1, 0.15) is 23.2 Å². The third kappa shape index (κ3) is 4.45. The molecule has 1 aliphatic rings. The molecule has 0 saturated heterocycles. The van der Waals surface area contributed by atoms with E-state index in [0.717, 1.165) is 24.0 Å². The van der Waals surface area contributed by atoms with E-state index in [0.29, 0.717) is 5.56 Å². The molecular weight excluding hydrogens is 314 g/mol. The van der Waals surface area contributed by atoms with Gasteiger partial charge in [-0.05, 0) is 42.0 Å². The molecule has 2 N–H and O–H groups in total. The van der Waals surface area contributed by atoms with E-state index >= 15 is 0 Å². The zero-order valence-electron chi connectivity index (χ0n) is 13.7. The summed E-state index contributed by atoms with van der Waals surface area (Å²) in [5.41, 5.74) is 2.60. The fourth-order valence-corrected chi connectivity index (χ4v) is 2.62. The van der Waals surface area contributed by atoms with Crippen molar-refractivity contribution in [1.29, 1.82) is 5.26 Å². The molecule has 0 aliphatic heterocycles. The standard InChI is InChI=1S/C20H19N3O2/c21-12-18(16-8-9-16)23-19(24)13-22-20(25)17-10-6-15(7-11-17)14-4-2-1-3-5-14/h1-7,10-11,16,18H,8-9,13H2,(H,22,25)(H,23,24)/t18-/m0/s1. The van der Waals surface area contributed by atoms with Gasteiger partial charge in [0.1, 0.15) is 6.04 Å². The molecule has 0 bridgehead atoms. The zero-order valence-corrected chi connectivity index (χ0v) is 13.7. The van der Waals surface area contributed by atoms with Gasteiger partial charge in [-0.15, -0.1) is 0 Å². The van der Waals surface area contributed by atoms with Crippen LogP contribution < -0.4 is 10.6 Å². The maximum absolute atomic E-state index is 12.1. The molecule has 0 heterocycles. The van der Waals surface area contributed by atoms with Gasteiger partial charge in [0.2, 0.25) is 5.91 Å². The Balaban J connectivity index is 1.53. The zero-order chi connectivity index (χ0) is 17.6. The van der Waals surface area contributed by atoms with Crippen LogP contribution in [0.3, 0.4) is 0 Å². The molecule has 3 rings (SSSR count). The third-order valence-electron chi connectivity index (χ3n) is 4.21. The van der Waals surface area contributed by atoms with Crippen LogP contribution in [0.25, 0.3) is 11.1 Å². The fraction of sp³-hybridized carbons (Fsp3) is 0.250. The first-order valence-corrected chi connectivity index (χ1v) is 8.30. The Morgan fingerprint density at radius 1 is 1.04 bits per heavy atom. The normalized spacial score (nSPS) is 14.2. The summed E-state index contributed by atoms with van der Waals surface area (Å²) in [6, 6.07) is 18.8. The molecule has 0 unspecified atom stereocenters. The minimum Gasteiger partial charge on any atom is -0.343 e. The number of nitriles is 1. The van der Waals surface area contributed by atoms with E-state index in [2.05, 4.69) is 16.7 Å². The van der Waals surface area contributed by atoms with Gasteiger partial charge < -0.3 is 10.6 Å². The second kappa shape index (κ2) is 7.63. The lowest BCUT2D eigenvalue weighted by molar-refractivity contribution is -0.120. The quantitative estimate of drug-likeness (QED) is 0.852. The van der Waals surface area contributed by atoms with Crippen molar-refractivity contribution in [3.8, 4) is 17.2 Å². The molecule has 2 aromatic carbocycles. The van der Waals surface area contributed by atoms with Crippen LogP contribution in [-0.2, 0) is 4.79 Å². The minimum atomic E-state index is -0.449. The summed E-state index contributed by atoms with van der Waals surface area (Å²) >= 11 is 0. The molecule has 0 aromatic heterocycles. The lowest BCUT2D eigenvalue weighted by atomic mass is 10.0. The van der Waals surface area contributed by atoms with E-state index in [-0.39, 0.29) is 24.3 Å². The van der Waals surface area contributed by atoms with Crippen LogP contribution in [0.5, 0.6) is 0 Å². The lowest BCUT2D eigenvalue weighted by Gasteiger charge is -2.11. The van der Waals surface area contributed by atoms with Crippen LogP contribution in [-0.4, -0.2) is 24.4 Å². The third-order valence-corrected chi connectivity index (χ3v) is 4.21. The summed E-state index contributed by atoms with van der Waals surface area (Å²) in [5, 5.41) is 14.2. The molecule has 1 saturated carbocycles. The second-order valence-corrected chi connectivity index (χ2v) is 6.14. The number of hydrogen-bond donors (Lipinski definition) is 2. The van der Waals surface area contributed by atoms with Gasteiger partial charge in [-0.1, -0.05) is 42.5 Å². The number of nitrogens with zero attached hydrogens (tertiary/aromatic N) is 1. The first-order chi connectivity index (χ1) is 12.2. The average molecular weight is 333 g/mol. The molecule has 1 aliphatic carbocycles. The highest BCUT2D eigenvalue weighted by Crippen LogP contribution is 2.32. The summed E-state index contributed by atoms with van der Waals surface area (Å²) in [4.78, 5) is 24.0. The van der Waals surface area contributed by atoms with Crippen LogP contribution in [0.15, 0.2) is 54.6 Å². The topological polar surface area (TPSA) is 82.0 Å². The van der Waals surface area contributed by atoms with E-state index < -0.39 is 6.04 Å². The molecule has 2 aromatic rings. The molecule has 2 amide bonds. The maximum atomic E-state index is 12.1. The Hall–Kier alpha value is -3.13. The fourth-order valence-electron chi connectivity index (χ4n) is 2.62. The van der Waals surface area contributed by atoms with Gasteiger partial charge >= 0.3 is 0 Å². The van der Waals surface area contributed by atoms with E-state index in [4.69, 9.17) is 5.26 Å². The number of hydrogen-bond acceptors (Lipinski definition) is 3. The molecule has 0 radical (unpaired) electrons. The second-order valence-electron chi connectivity index (χ2n) is 6.14. The molecule has 5 nitrogen and oxygen atoms in total.